The summed E-state index contributed by atoms with van der Waals surface area (Å²) in [4.78, 5) is 13.0. The molecule has 0 unspecified atom stereocenters. The van der Waals surface area contributed by atoms with Gasteiger partial charge in [0.1, 0.15) is 11.2 Å². The van der Waals surface area contributed by atoms with Crippen molar-refractivity contribution in [3.05, 3.63) is 59.7 Å². The number of Topliss-reactive ketones (excluding diaryl/α,β-unsaturated/α-hetero) is 1. The summed E-state index contributed by atoms with van der Waals surface area (Å²) < 4.78 is 5.49. The SMILES string of the molecule is CCCC(=O)C1(COC)c2ccccc2-c2ccccc21. The Morgan fingerprint density at radius 3 is 2.00 bits per heavy atom. The molecule has 1 aliphatic rings. The topological polar surface area (TPSA) is 26.3 Å². The predicted octanol–water partition coefficient (Wildman–Crippen LogP) is 3.97. The highest BCUT2D eigenvalue weighted by atomic mass is 16.5. The van der Waals surface area contributed by atoms with Gasteiger partial charge in [0.25, 0.3) is 0 Å². The first-order valence-corrected chi connectivity index (χ1v) is 7.47. The number of fused-ring (bicyclic) bond motifs is 3. The molecule has 0 aromatic heterocycles. The molecule has 0 atom stereocenters. The van der Waals surface area contributed by atoms with Crippen molar-refractivity contribution in [2.45, 2.75) is 25.2 Å². The molecule has 2 aromatic carbocycles. The first-order valence-electron chi connectivity index (χ1n) is 7.47. The molecule has 2 heteroatoms. The molecule has 0 amide bonds. The molecule has 0 heterocycles. The molecule has 21 heavy (non-hydrogen) atoms. The quantitative estimate of drug-likeness (QED) is 0.828. The summed E-state index contributed by atoms with van der Waals surface area (Å²) >= 11 is 0. The summed E-state index contributed by atoms with van der Waals surface area (Å²) in [5.74, 6) is 0.254. The number of ether oxygens (including phenoxy) is 1. The van der Waals surface area contributed by atoms with E-state index in [1.165, 1.54) is 0 Å². The van der Waals surface area contributed by atoms with Gasteiger partial charge in [-0.05, 0) is 28.7 Å². The Morgan fingerprint density at radius 2 is 1.52 bits per heavy atom. The number of methoxy groups -OCH3 is 1. The van der Waals surface area contributed by atoms with Crippen molar-refractivity contribution in [3.63, 3.8) is 0 Å². The summed E-state index contributed by atoms with van der Waals surface area (Å²) in [7, 11) is 1.67. The molecule has 0 N–H and O–H groups in total. The van der Waals surface area contributed by atoms with Crippen LogP contribution >= 0.6 is 0 Å². The Labute approximate surface area is 125 Å². The fourth-order valence-corrected chi connectivity index (χ4v) is 3.52. The van der Waals surface area contributed by atoms with Gasteiger partial charge in [-0.2, -0.15) is 0 Å². The molecule has 0 bridgehead atoms. The van der Waals surface area contributed by atoms with Gasteiger partial charge >= 0.3 is 0 Å². The predicted molar refractivity (Wildman–Crippen MR) is 84.4 cm³/mol. The van der Waals surface area contributed by atoms with E-state index >= 15 is 0 Å². The van der Waals surface area contributed by atoms with Gasteiger partial charge < -0.3 is 4.74 Å². The average Bonchev–Trinajstić information content (AvgIpc) is 2.80. The number of carbonyl (C=O) groups is 1. The zero-order valence-corrected chi connectivity index (χ0v) is 12.6. The van der Waals surface area contributed by atoms with Crippen molar-refractivity contribution in [2.75, 3.05) is 13.7 Å². The zero-order chi connectivity index (χ0) is 14.9. The molecular weight excluding hydrogens is 260 g/mol. The Morgan fingerprint density at radius 1 is 1.00 bits per heavy atom. The molecule has 0 aliphatic heterocycles. The highest BCUT2D eigenvalue weighted by Crippen LogP contribution is 2.50. The smallest absolute Gasteiger partial charge is 0.150 e. The fraction of sp³-hybridized carbons (Fsp3) is 0.316. The zero-order valence-electron chi connectivity index (χ0n) is 12.6. The van der Waals surface area contributed by atoms with Crippen molar-refractivity contribution in [1.82, 2.24) is 0 Å². The lowest BCUT2D eigenvalue weighted by atomic mass is 9.74. The van der Waals surface area contributed by atoms with Crippen LogP contribution in [0.5, 0.6) is 0 Å². The number of benzene rings is 2. The van der Waals surface area contributed by atoms with Crippen molar-refractivity contribution < 1.29 is 9.53 Å². The lowest BCUT2D eigenvalue weighted by Crippen LogP contribution is -2.39. The minimum atomic E-state index is -0.641. The molecule has 0 saturated carbocycles. The number of carbonyl (C=O) groups excluding carboxylic acids is 1. The van der Waals surface area contributed by atoms with E-state index in [1.807, 2.05) is 31.2 Å². The maximum Gasteiger partial charge on any atom is 0.150 e. The number of hydrogen-bond acceptors (Lipinski definition) is 2. The lowest BCUT2D eigenvalue weighted by molar-refractivity contribution is -0.124. The van der Waals surface area contributed by atoms with Gasteiger partial charge in [0.2, 0.25) is 0 Å². The molecule has 0 radical (unpaired) electrons. The third-order valence-electron chi connectivity index (χ3n) is 4.38. The van der Waals surface area contributed by atoms with Crippen molar-refractivity contribution >= 4 is 5.78 Å². The summed E-state index contributed by atoms with van der Waals surface area (Å²) in [6, 6.07) is 16.4. The van der Waals surface area contributed by atoms with Gasteiger partial charge in [0.05, 0.1) is 6.61 Å². The van der Waals surface area contributed by atoms with E-state index in [2.05, 4.69) is 24.3 Å². The second kappa shape index (κ2) is 5.45. The van der Waals surface area contributed by atoms with Gasteiger partial charge in [-0.15, -0.1) is 0 Å². The van der Waals surface area contributed by atoms with Gasteiger partial charge in [-0.3, -0.25) is 4.79 Å². The standard InChI is InChI=1S/C19H20O2/c1-3-8-18(20)19(13-21-2)16-11-6-4-9-14(16)15-10-5-7-12-17(15)19/h4-7,9-12H,3,8,13H2,1-2H3. The molecule has 108 valence electrons. The van der Waals surface area contributed by atoms with Gasteiger partial charge in [-0.1, -0.05) is 55.5 Å². The van der Waals surface area contributed by atoms with Crippen LogP contribution in [0.25, 0.3) is 11.1 Å². The van der Waals surface area contributed by atoms with Crippen LogP contribution in [0, 0.1) is 0 Å². The van der Waals surface area contributed by atoms with Crippen LogP contribution in [0.3, 0.4) is 0 Å². The van der Waals surface area contributed by atoms with Crippen LogP contribution in [0.1, 0.15) is 30.9 Å². The fourth-order valence-electron chi connectivity index (χ4n) is 3.52. The molecule has 3 rings (SSSR count). The second-order valence-electron chi connectivity index (χ2n) is 5.60. The summed E-state index contributed by atoms with van der Waals surface area (Å²) in [6.07, 6.45) is 1.43. The summed E-state index contributed by atoms with van der Waals surface area (Å²) in [5, 5.41) is 0. The van der Waals surface area contributed by atoms with Crippen LogP contribution in [0.2, 0.25) is 0 Å². The molecule has 0 saturated heterocycles. The van der Waals surface area contributed by atoms with E-state index < -0.39 is 5.41 Å². The highest BCUT2D eigenvalue weighted by molar-refractivity contribution is 6.01. The lowest BCUT2D eigenvalue weighted by Gasteiger charge is -2.29. The Kier molecular flexibility index (Phi) is 3.64. The largest absolute Gasteiger partial charge is 0.383 e. The van der Waals surface area contributed by atoms with Crippen LogP contribution in [-0.2, 0) is 14.9 Å². The third kappa shape index (κ3) is 1.94. The van der Waals surface area contributed by atoms with Crippen LogP contribution in [0.4, 0.5) is 0 Å². The molecule has 1 aliphatic carbocycles. The Hall–Kier alpha value is -1.93. The van der Waals surface area contributed by atoms with Gasteiger partial charge in [0, 0.05) is 13.5 Å². The first kappa shape index (κ1) is 14.0. The number of rotatable bonds is 5. The van der Waals surface area contributed by atoms with Crippen molar-refractivity contribution in [3.8, 4) is 11.1 Å². The van der Waals surface area contributed by atoms with E-state index in [0.717, 1.165) is 28.7 Å². The van der Waals surface area contributed by atoms with E-state index in [4.69, 9.17) is 4.74 Å². The molecule has 0 spiro atoms. The molecule has 2 nitrogen and oxygen atoms in total. The molecule has 2 aromatic rings. The van der Waals surface area contributed by atoms with Gasteiger partial charge in [0.15, 0.2) is 0 Å². The number of hydrogen-bond donors (Lipinski definition) is 0. The minimum Gasteiger partial charge on any atom is -0.383 e. The number of ketones is 1. The summed E-state index contributed by atoms with van der Waals surface area (Å²) in [5.41, 5.74) is 3.86. The Balaban J connectivity index is 2.30. The van der Waals surface area contributed by atoms with Gasteiger partial charge in [-0.25, -0.2) is 0 Å². The molecular formula is C19H20O2. The monoisotopic (exact) mass is 280 g/mol. The van der Waals surface area contributed by atoms with Crippen molar-refractivity contribution in [2.24, 2.45) is 0 Å². The van der Waals surface area contributed by atoms with Crippen LogP contribution in [-0.4, -0.2) is 19.5 Å². The summed E-state index contributed by atoms with van der Waals surface area (Å²) in [6.45, 7) is 2.45. The van der Waals surface area contributed by atoms with E-state index in [0.29, 0.717) is 13.0 Å². The van der Waals surface area contributed by atoms with Crippen molar-refractivity contribution in [1.29, 1.82) is 0 Å². The third-order valence-corrected chi connectivity index (χ3v) is 4.38. The highest BCUT2D eigenvalue weighted by Gasteiger charge is 2.48. The Bertz CT molecular complexity index is 627. The maximum atomic E-state index is 13.0. The average molecular weight is 280 g/mol. The van der Waals surface area contributed by atoms with E-state index in [9.17, 15) is 4.79 Å². The second-order valence-corrected chi connectivity index (χ2v) is 5.60. The van der Waals surface area contributed by atoms with E-state index in [-0.39, 0.29) is 5.78 Å². The minimum absolute atomic E-state index is 0.254. The van der Waals surface area contributed by atoms with Crippen LogP contribution in [0.15, 0.2) is 48.5 Å². The maximum absolute atomic E-state index is 13.0. The normalized spacial score (nSPS) is 14.6. The van der Waals surface area contributed by atoms with Crippen LogP contribution < -0.4 is 0 Å². The first-order chi connectivity index (χ1) is 10.3. The van der Waals surface area contributed by atoms with E-state index in [1.54, 1.807) is 7.11 Å². The molecule has 0 fully saturated rings.